The highest BCUT2D eigenvalue weighted by Gasteiger charge is 2.11. The lowest BCUT2D eigenvalue weighted by atomic mass is 10.1. The molecule has 0 aliphatic rings. The first-order chi connectivity index (χ1) is 8.75. The van der Waals surface area contributed by atoms with Crippen molar-refractivity contribution in [2.45, 2.75) is 19.4 Å². The lowest BCUT2D eigenvalue weighted by Crippen LogP contribution is -2.11. The maximum Gasteiger partial charge on any atom is 0.310 e. The number of ether oxygens (including phenoxy) is 1. The largest absolute Gasteiger partial charge is 0.458 e. The van der Waals surface area contributed by atoms with Crippen LogP contribution in [-0.2, 0) is 16.0 Å². The Hall–Kier alpha value is -2.09. The van der Waals surface area contributed by atoms with Gasteiger partial charge >= 0.3 is 5.97 Å². The van der Waals surface area contributed by atoms with E-state index in [1.165, 1.54) is 0 Å². The van der Waals surface area contributed by atoms with Gasteiger partial charge in [-0.25, -0.2) is 0 Å². The summed E-state index contributed by atoms with van der Waals surface area (Å²) in [6.07, 6.45) is 0.111. The quantitative estimate of drug-likeness (QED) is 0.764. The van der Waals surface area contributed by atoms with Gasteiger partial charge in [-0.3, -0.25) is 4.79 Å². The fraction of sp³-hybridized carbons (Fsp3) is 0.188. The van der Waals surface area contributed by atoms with E-state index >= 15 is 0 Å². The van der Waals surface area contributed by atoms with Crippen LogP contribution in [0.15, 0.2) is 60.7 Å². The van der Waals surface area contributed by atoms with Crippen LogP contribution in [0.5, 0.6) is 0 Å². The molecular weight excluding hydrogens is 224 g/mol. The normalized spacial score (nSPS) is 11.8. The Kier molecular flexibility index (Phi) is 4.13. The van der Waals surface area contributed by atoms with Crippen molar-refractivity contribution in [2.75, 3.05) is 0 Å². The van der Waals surface area contributed by atoms with Gasteiger partial charge in [-0.05, 0) is 18.1 Å². The minimum absolute atomic E-state index is 0.197. The summed E-state index contributed by atoms with van der Waals surface area (Å²) in [4.78, 5) is 11.8. The molecule has 2 aromatic carbocycles. The summed E-state index contributed by atoms with van der Waals surface area (Å²) in [7, 11) is 0. The zero-order valence-corrected chi connectivity index (χ0v) is 10.4. The van der Waals surface area contributed by atoms with Crippen molar-refractivity contribution in [3.8, 4) is 0 Å². The van der Waals surface area contributed by atoms with Gasteiger partial charge < -0.3 is 4.74 Å². The molecule has 2 rings (SSSR count). The average Bonchev–Trinajstić information content (AvgIpc) is 2.40. The van der Waals surface area contributed by atoms with E-state index in [-0.39, 0.29) is 12.1 Å². The third-order valence-electron chi connectivity index (χ3n) is 2.77. The van der Waals surface area contributed by atoms with Gasteiger partial charge in [-0.1, -0.05) is 60.7 Å². The molecule has 2 nitrogen and oxygen atoms in total. The van der Waals surface area contributed by atoms with Gasteiger partial charge in [0.25, 0.3) is 0 Å². The highest BCUT2D eigenvalue weighted by Crippen LogP contribution is 2.16. The van der Waals surface area contributed by atoms with Gasteiger partial charge in [0.15, 0.2) is 0 Å². The summed E-state index contributed by atoms with van der Waals surface area (Å²) < 4.78 is 5.40. The van der Waals surface area contributed by atoms with Gasteiger partial charge in [-0.15, -0.1) is 0 Å². The second-order valence-corrected chi connectivity index (χ2v) is 4.21. The molecule has 0 unspecified atom stereocenters. The molecule has 0 fully saturated rings. The Morgan fingerprint density at radius 3 is 2.17 bits per heavy atom. The SMILES string of the molecule is C[C@H](OC(=O)Cc1ccccc1)c1ccccc1. The van der Waals surface area contributed by atoms with Crippen LogP contribution < -0.4 is 0 Å². The van der Waals surface area contributed by atoms with E-state index in [4.69, 9.17) is 4.74 Å². The standard InChI is InChI=1S/C16H16O2/c1-13(15-10-6-3-7-11-15)18-16(17)12-14-8-4-2-5-9-14/h2-11,13H,12H2,1H3/t13-/m0/s1. The third-order valence-corrected chi connectivity index (χ3v) is 2.77. The van der Waals surface area contributed by atoms with Gasteiger partial charge in [0.05, 0.1) is 6.42 Å². The van der Waals surface area contributed by atoms with Crippen molar-refractivity contribution in [1.82, 2.24) is 0 Å². The Bertz CT molecular complexity index is 491. The van der Waals surface area contributed by atoms with Gasteiger partial charge in [-0.2, -0.15) is 0 Å². The molecule has 2 heteroatoms. The van der Waals surface area contributed by atoms with E-state index in [9.17, 15) is 4.79 Å². The summed E-state index contributed by atoms with van der Waals surface area (Å²) >= 11 is 0. The first-order valence-electron chi connectivity index (χ1n) is 6.04. The minimum Gasteiger partial charge on any atom is -0.458 e. The fourth-order valence-electron chi connectivity index (χ4n) is 1.79. The number of carbonyl (C=O) groups excluding carboxylic acids is 1. The zero-order chi connectivity index (χ0) is 12.8. The molecule has 0 aliphatic heterocycles. The predicted molar refractivity (Wildman–Crippen MR) is 71.1 cm³/mol. The average molecular weight is 240 g/mol. The molecule has 0 heterocycles. The molecule has 0 aliphatic carbocycles. The van der Waals surface area contributed by atoms with Crippen LogP contribution in [0.4, 0.5) is 0 Å². The van der Waals surface area contributed by atoms with E-state index in [1.54, 1.807) is 0 Å². The summed E-state index contributed by atoms with van der Waals surface area (Å²) in [6.45, 7) is 1.89. The van der Waals surface area contributed by atoms with E-state index in [0.717, 1.165) is 11.1 Å². The van der Waals surface area contributed by atoms with Crippen molar-refractivity contribution in [3.63, 3.8) is 0 Å². The third kappa shape index (κ3) is 3.45. The molecular formula is C16H16O2. The lowest BCUT2D eigenvalue weighted by molar-refractivity contribution is -0.147. The molecule has 0 amide bonds. The molecule has 0 radical (unpaired) electrons. The van der Waals surface area contributed by atoms with Crippen LogP contribution in [-0.4, -0.2) is 5.97 Å². The van der Waals surface area contributed by atoms with Crippen LogP contribution in [0.3, 0.4) is 0 Å². The molecule has 0 bridgehead atoms. The van der Waals surface area contributed by atoms with E-state index < -0.39 is 0 Å². The predicted octanol–water partition coefficient (Wildman–Crippen LogP) is 3.53. The van der Waals surface area contributed by atoms with Gasteiger partial charge in [0.1, 0.15) is 6.10 Å². The summed E-state index contributed by atoms with van der Waals surface area (Å²) in [5.74, 6) is -0.197. The highest BCUT2D eigenvalue weighted by molar-refractivity contribution is 5.72. The van der Waals surface area contributed by atoms with E-state index in [1.807, 2.05) is 67.6 Å². The number of benzene rings is 2. The smallest absolute Gasteiger partial charge is 0.310 e. The Morgan fingerprint density at radius 1 is 1.00 bits per heavy atom. The minimum atomic E-state index is -0.206. The molecule has 0 N–H and O–H groups in total. The van der Waals surface area contributed by atoms with Crippen LogP contribution in [0, 0.1) is 0 Å². The van der Waals surface area contributed by atoms with Crippen LogP contribution >= 0.6 is 0 Å². The summed E-state index contributed by atoms with van der Waals surface area (Å²) in [5, 5.41) is 0. The highest BCUT2D eigenvalue weighted by atomic mass is 16.5. The second kappa shape index (κ2) is 6.01. The number of carbonyl (C=O) groups is 1. The summed E-state index contributed by atoms with van der Waals surface area (Å²) in [6, 6.07) is 19.4. The maximum atomic E-state index is 11.8. The van der Waals surface area contributed by atoms with E-state index in [2.05, 4.69) is 0 Å². The maximum absolute atomic E-state index is 11.8. The molecule has 0 spiro atoms. The van der Waals surface area contributed by atoms with Crippen molar-refractivity contribution >= 4 is 5.97 Å². The van der Waals surface area contributed by atoms with Crippen molar-refractivity contribution in [3.05, 3.63) is 71.8 Å². The van der Waals surface area contributed by atoms with Crippen LogP contribution in [0.1, 0.15) is 24.2 Å². The fourth-order valence-corrected chi connectivity index (χ4v) is 1.79. The molecule has 1 atom stereocenters. The molecule has 0 aromatic heterocycles. The number of rotatable bonds is 4. The van der Waals surface area contributed by atoms with E-state index in [0.29, 0.717) is 6.42 Å². The topological polar surface area (TPSA) is 26.3 Å². The van der Waals surface area contributed by atoms with Gasteiger partial charge in [0, 0.05) is 0 Å². The van der Waals surface area contributed by atoms with Crippen molar-refractivity contribution < 1.29 is 9.53 Å². The first kappa shape index (κ1) is 12.4. The van der Waals surface area contributed by atoms with Crippen molar-refractivity contribution in [2.24, 2.45) is 0 Å². The Balaban J connectivity index is 1.92. The number of esters is 1. The molecule has 92 valence electrons. The summed E-state index contributed by atoms with van der Waals surface area (Å²) in [5.41, 5.74) is 1.99. The zero-order valence-electron chi connectivity index (χ0n) is 10.4. The van der Waals surface area contributed by atoms with Crippen molar-refractivity contribution in [1.29, 1.82) is 0 Å². The van der Waals surface area contributed by atoms with Crippen LogP contribution in [0.25, 0.3) is 0 Å². The molecule has 18 heavy (non-hydrogen) atoms. The number of hydrogen-bond acceptors (Lipinski definition) is 2. The first-order valence-corrected chi connectivity index (χ1v) is 6.04. The molecule has 2 aromatic rings. The second-order valence-electron chi connectivity index (χ2n) is 4.21. The molecule has 0 saturated carbocycles. The monoisotopic (exact) mass is 240 g/mol. The Morgan fingerprint density at radius 2 is 1.56 bits per heavy atom. The van der Waals surface area contributed by atoms with Crippen LogP contribution in [0.2, 0.25) is 0 Å². The number of hydrogen-bond donors (Lipinski definition) is 0. The Labute approximate surface area is 107 Å². The van der Waals surface area contributed by atoms with Gasteiger partial charge in [0.2, 0.25) is 0 Å². The molecule has 0 saturated heterocycles. The lowest BCUT2D eigenvalue weighted by Gasteiger charge is -2.13.